The van der Waals surface area contributed by atoms with Crippen LogP contribution in [0.15, 0.2) is 28.7 Å². The highest BCUT2D eigenvalue weighted by Crippen LogP contribution is 2.47. The first-order valence-corrected chi connectivity index (χ1v) is 11.9. The van der Waals surface area contributed by atoms with Crippen LogP contribution in [0.25, 0.3) is 4.85 Å². The predicted molar refractivity (Wildman–Crippen MR) is 125 cm³/mol. The molecule has 35 heavy (non-hydrogen) atoms. The number of benzene rings is 1. The number of hydrogen-bond acceptors (Lipinski definition) is 6. The van der Waals surface area contributed by atoms with Gasteiger partial charge in [0.1, 0.15) is 11.5 Å². The second-order valence-electron chi connectivity index (χ2n) is 10.1. The van der Waals surface area contributed by atoms with E-state index < -0.39 is 23.5 Å². The summed E-state index contributed by atoms with van der Waals surface area (Å²) < 4.78 is 5.58. The maximum absolute atomic E-state index is 13.9. The number of fused-ring (bicyclic) bond motifs is 2. The molecule has 0 bridgehead atoms. The van der Waals surface area contributed by atoms with Crippen LogP contribution in [-0.4, -0.2) is 63.5 Å². The Kier molecular flexibility index (Phi) is 5.58. The molecule has 3 heterocycles. The molecule has 1 saturated carbocycles. The predicted octanol–water partition coefficient (Wildman–Crippen LogP) is 2.80. The van der Waals surface area contributed by atoms with Gasteiger partial charge in [-0.15, -0.1) is 10.2 Å². The van der Waals surface area contributed by atoms with E-state index >= 15 is 0 Å². The summed E-state index contributed by atoms with van der Waals surface area (Å²) >= 11 is 0. The summed E-state index contributed by atoms with van der Waals surface area (Å²) in [6.45, 7) is 11.8. The van der Waals surface area contributed by atoms with Crippen molar-refractivity contribution in [3.63, 3.8) is 0 Å². The van der Waals surface area contributed by atoms with Crippen molar-refractivity contribution in [2.75, 3.05) is 18.9 Å². The molecule has 1 aromatic heterocycles. The quantitative estimate of drug-likeness (QED) is 0.642. The number of rotatable bonds is 6. The van der Waals surface area contributed by atoms with Crippen molar-refractivity contribution in [3.8, 4) is 0 Å². The van der Waals surface area contributed by atoms with E-state index in [4.69, 9.17) is 11.0 Å². The van der Waals surface area contributed by atoms with Crippen molar-refractivity contribution in [1.82, 2.24) is 20.0 Å². The summed E-state index contributed by atoms with van der Waals surface area (Å²) in [6, 6.07) is 6.56. The van der Waals surface area contributed by atoms with Crippen LogP contribution >= 0.6 is 0 Å². The number of likely N-dealkylation sites (tertiary alicyclic amines) is 1. The van der Waals surface area contributed by atoms with Gasteiger partial charge < -0.3 is 14.6 Å². The van der Waals surface area contributed by atoms with Crippen molar-refractivity contribution in [3.05, 3.63) is 53.0 Å². The molecule has 0 unspecified atom stereocenters. The zero-order valence-electron chi connectivity index (χ0n) is 20.0. The fraction of sp³-hybridized carbons (Fsp3) is 0.520. The minimum absolute atomic E-state index is 0.0880. The molecule has 182 valence electrons. The maximum atomic E-state index is 13.9. The van der Waals surface area contributed by atoms with E-state index in [1.807, 2.05) is 38.1 Å². The van der Waals surface area contributed by atoms with Crippen molar-refractivity contribution in [1.29, 1.82) is 0 Å². The van der Waals surface area contributed by atoms with Crippen LogP contribution in [0.5, 0.6) is 0 Å². The molecule has 1 saturated heterocycles. The summed E-state index contributed by atoms with van der Waals surface area (Å²) in [5, 5.41) is 10.8. The molecule has 10 heteroatoms. The summed E-state index contributed by atoms with van der Waals surface area (Å²) in [7, 11) is 1.55. The van der Waals surface area contributed by atoms with Crippen molar-refractivity contribution < 1.29 is 18.8 Å². The number of carbonyl (C=O) groups excluding carboxylic acids is 3. The SMILES string of the molecule is [C-]#[N+][C@@H]1C[C@@]2(CN1C(=O)[C@H](CC(C)C)N(C)C(=O)c1nnc(C3CC3)o1)C(=O)Nc1ccccc12. The molecule has 2 aliphatic heterocycles. The zero-order valence-corrected chi connectivity index (χ0v) is 20.0. The van der Waals surface area contributed by atoms with E-state index in [-0.39, 0.29) is 42.5 Å². The van der Waals surface area contributed by atoms with Gasteiger partial charge in [-0.05, 0) is 36.8 Å². The molecule has 5 rings (SSSR count). The van der Waals surface area contributed by atoms with Gasteiger partial charge in [-0.1, -0.05) is 32.0 Å². The summed E-state index contributed by atoms with van der Waals surface area (Å²) in [4.78, 5) is 46.7. The normalized spacial score (nSPS) is 23.8. The Hall–Kier alpha value is -3.74. The number of hydrogen-bond donors (Lipinski definition) is 1. The zero-order chi connectivity index (χ0) is 24.9. The lowest BCUT2D eigenvalue weighted by Gasteiger charge is -2.31. The first kappa shape index (κ1) is 23.0. The van der Waals surface area contributed by atoms with E-state index in [9.17, 15) is 14.4 Å². The lowest BCUT2D eigenvalue weighted by Crippen LogP contribution is -2.51. The van der Waals surface area contributed by atoms with E-state index in [0.717, 1.165) is 18.4 Å². The molecule has 1 aromatic carbocycles. The molecular weight excluding hydrogens is 448 g/mol. The van der Waals surface area contributed by atoms with Gasteiger partial charge in [-0.2, -0.15) is 0 Å². The molecule has 3 aliphatic rings. The number of likely N-dealkylation sites (N-methyl/N-ethyl adjacent to an activating group) is 1. The fourth-order valence-corrected chi connectivity index (χ4v) is 5.13. The third kappa shape index (κ3) is 3.85. The monoisotopic (exact) mass is 476 g/mol. The van der Waals surface area contributed by atoms with E-state index in [2.05, 4.69) is 20.4 Å². The Labute approximate surface area is 203 Å². The van der Waals surface area contributed by atoms with Gasteiger partial charge in [0.05, 0.1) is 6.42 Å². The van der Waals surface area contributed by atoms with Crippen molar-refractivity contribution in [2.45, 2.75) is 63.1 Å². The molecule has 1 spiro atoms. The largest absolute Gasteiger partial charge is 0.417 e. The minimum Gasteiger partial charge on any atom is -0.417 e. The van der Waals surface area contributed by atoms with Crippen LogP contribution in [0.3, 0.4) is 0 Å². The standard InChI is InChI=1S/C25H28N6O4/c1-14(2)11-18(30(4)23(33)21-29-28-20(35-21)15-9-10-15)22(32)31-13-25(12-19(31)26-3)16-7-5-6-8-17(16)27-24(25)34/h5-8,14-15,18-19H,9-13H2,1-2,4H3,(H,27,34)/t18-,19-,25-/m0/s1. The Morgan fingerprint density at radius 1 is 1.31 bits per heavy atom. The van der Waals surface area contributed by atoms with Crippen LogP contribution < -0.4 is 5.32 Å². The molecule has 2 fully saturated rings. The molecule has 2 aromatic rings. The van der Waals surface area contributed by atoms with Crippen LogP contribution in [0.4, 0.5) is 5.69 Å². The Balaban J connectivity index is 1.42. The van der Waals surface area contributed by atoms with E-state index in [0.29, 0.717) is 18.0 Å². The number of carbonyl (C=O) groups is 3. The third-order valence-electron chi connectivity index (χ3n) is 7.21. The smallest absolute Gasteiger partial charge is 0.311 e. The molecule has 3 amide bonds. The van der Waals surface area contributed by atoms with Gasteiger partial charge in [-0.25, -0.2) is 6.57 Å². The number of aromatic nitrogens is 2. The van der Waals surface area contributed by atoms with Crippen molar-refractivity contribution >= 4 is 23.4 Å². The van der Waals surface area contributed by atoms with E-state index in [1.165, 1.54) is 9.80 Å². The molecule has 1 aliphatic carbocycles. The van der Waals surface area contributed by atoms with Gasteiger partial charge >= 0.3 is 18.0 Å². The second kappa shape index (κ2) is 8.48. The first-order chi connectivity index (χ1) is 16.7. The highest BCUT2D eigenvalue weighted by atomic mass is 16.4. The number of para-hydroxylation sites is 1. The number of anilines is 1. The maximum Gasteiger partial charge on any atom is 0.311 e. The highest BCUT2D eigenvalue weighted by Gasteiger charge is 2.59. The second-order valence-corrected chi connectivity index (χ2v) is 10.1. The van der Waals surface area contributed by atoms with Crippen LogP contribution in [0, 0.1) is 12.5 Å². The lowest BCUT2D eigenvalue weighted by atomic mass is 9.80. The Morgan fingerprint density at radius 2 is 2.06 bits per heavy atom. The average Bonchev–Trinajstić information content (AvgIpc) is 3.34. The fourth-order valence-electron chi connectivity index (χ4n) is 5.13. The summed E-state index contributed by atoms with van der Waals surface area (Å²) in [6.07, 6.45) is 1.73. The van der Waals surface area contributed by atoms with Crippen LogP contribution in [0.2, 0.25) is 0 Å². The van der Waals surface area contributed by atoms with Gasteiger partial charge in [0.15, 0.2) is 0 Å². The molecular formula is C25H28N6O4. The third-order valence-corrected chi connectivity index (χ3v) is 7.21. The Bertz CT molecular complexity index is 1230. The molecule has 3 atom stereocenters. The Morgan fingerprint density at radius 3 is 2.74 bits per heavy atom. The van der Waals surface area contributed by atoms with Gasteiger partial charge in [-0.3, -0.25) is 24.1 Å². The van der Waals surface area contributed by atoms with Gasteiger partial charge in [0.2, 0.25) is 11.8 Å². The van der Waals surface area contributed by atoms with Gasteiger partial charge in [0.25, 0.3) is 5.91 Å². The summed E-state index contributed by atoms with van der Waals surface area (Å²) in [5.74, 6) is -0.461. The summed E-state index contributed by atoms with van der Waals surface area (Å²) in [5.41, 5.74) is 0.541. The number of nitrogens with one attached hydrogen (secondary N) is 1. The molecule has 10 nitrogen and oxygen atoms in total. The topological polar surface area (TPSA) is 113 Å². The lowest BCUT2D eigenvalue weighted by molar-refractivity contribution is -0.136. The average molecular weight is 477 g/mol. The molecule has 1 N–H and O–H groups in total. The van der Waals surface area contributed by atoms with E-state index in [1.54, 1.807) is 7.05 Å². The van der Waals surface area contributed by atoms with Gasteiger partial charge in [0, 0.05) is 25.2 Å². The first-order valence-electron chi connectivity index (χ1n) is 11.9. The van der Waals surface area contributed by atoms with Crippen LogP contribution in [0.1, 0.15) is 67.6 Å². The number of amides is 3. The highest BCUT2D eigenvalue weighted by molar-refractivity contribution is 6.07. The van der Waals surface area contributed by atoms with Crippen LogP contribution in [-0.2, 0) is 15.0 Å². The molecule has 0 radical (unpaired) electrons. The number of nitrogens with zero attached hydrogens (tertiary/aromatic N) is 5. The van der Waals surface area contributed by atoms with Crippen molar-refractivity contribution in [2.24, 2.45) is 5.92 Å². The minimum atomic E-state index is -0.974.